The van der Waals surface area contributed by atoms with Gasteiger partial charge in [-0.3, -0.25) is 9.59 Å². The van der Waals surface area contributed by atoms with E-state index in [9.17, 15) is 14.4 Å². The van der Waals surface area contributed by atoms with Crippen LogP contribution in [0.4, 0.5) is 5.69 Å². The van der Waals surface area contributed by atoms with E-state index in [1.165, 1.54) is 26.4 Å². The average molecular weight is 336 g/mol. The number of ether oxygens (including phenoxy) is 1. The zero-order chi connectivity index (χ0) is 17.8. The number of aliphatic carboxylic acids is 1. The Labute approximate surface area is 141 Å². The summed E-state index contributed by atoms with van der Waals surface area (Å²) in [5.74, 6) is -1.15. The second-order valence-electron chi connectivity index (χ2n) is 5.44. The van der Waals surface area contributed by atoms with E-state index < -0.39 is 11.9 Å². The van der Waals surface area contributed by atoms with Crippen molar-refractivity contribution in [3.63, 3.8) is 0 Å². The molecule has 1 saturated carbocycles. The van der Waals surface area contributed by atoms with Gasteiger partial charge in [-0.05, 0) is 37.1 Å². The van der Waals surface area contributed by atoms with Crippen LogP contribution in [0.25, 0.3) is 0 Å². The number of carboxylic acids is 1. The predicted molar refractivity (Wildman–Crippen MR) is 90.0 cm³/mol. The molecular weight excluding hydrogens is 312 g/mol. The van der Waals surface area contributed by atoms with Crippen molar-refractivity contribution in [1.29, 1.82) is 0 Å². The Morgan fingerprint density at radius 1 is 1.21 bits per heavy atom. The number of hydrogen-bond acceptors (Lipinski definition) is 5. The van der Waals surface area contributed by atoms with Crippen molar-refractivity contribution in [1.82, 2.24) is 5.32 Å². The van der Waals surface area contributed by atoms with Gasteiger partial charge < -0.3 is 20.5 Å². The third-order valence-electron chi connectivity index (χ3n) is 3.68. The number of amides is 1. The Bertz CT molecular complexity index is 524. The van der Waals surface area contributed by atoms with E-state index in [0.29, 0.717) is 23.7 Å². The topological polar surface area (TPSA) is 105 Å². The quantitative estimate of drug-likeness (QED) is 0.542. The number of anilines is 1. The molecule has 24 heavy (non-hydrogen) atoms. The molecule has 7 nitrogen and oxygen atoms in total. The van der Waals surface area contributed by atoms with Crippen LogP contribution in [0.1, 0.15) is 42.5 Å². The van der Waals surface area contributed by atoms with Gasteiger partial charge in [-0.15, -0.1) is 0 Å². The fourth-order valence-electron chi connectivity index (χ4n) is 2.43. The molecule has 0 unspecified atom stereocenters. The number of methoxy groups -OCH3 is 1. The Balaban J connectivity index is 0.000000243. The molecule has 0 radical (unpaired) electrons. The molecule has 132 valence electrons. The van der Waals surface area contributed by atoms with Gasteiger partial charge in [0.1, 0.15) is 0 Å². The summed E-state index contributed by atoms with van der Waals surface area (Å²) in [6.07, 6.45) is 6.67. The van der Waals surface area contributed by atoms with E-state index in [1.54, 1.807) is 24.3 Å². The van der Waals surface area contributed by atoms with Gasteiger partial charge in [0, 0.05) is 11.7 Å². The summed E-state index contributed by atoms with van der Waals surface area (Å²) >= 11 is 0. The molecule has 0 heterocycles. The average Bonchev–Trinajstić information content (AvgIpc) is 2.62. The fraction of sp³-hybridized carbons (Fsp3) is 0.471. The van der Waals surface area contributed by atoms with Crippen molar-refractivity contribution >= 4 is 24.0 Å². The number of nitrogens with one attached hydrogen (secondary N) is 2. The normalized spacial score (nSPS) is 14.0. The summed E-state index contributed by atoms with van der Waals surface area (Å²) in [6.45, 7) is 0.116. The van der Waals surface area contributed by atoms with Crippen LogP contribution >= 0.6 is 0 Å². The maximum absolute atomic E-state index is 11.0. The van der Waals surface area contributed by atoms with Gasteiger partial charge in [0.05, 0.1) is 19.2 Å². The Morgan fingerprint density at radius 3 is 2.33 bits per heavy atom. The van der Waals surface area contributed by atoms with E-state index >= 15 is 0 Å². The molecule has 1 amide bonds. The lowest BCUT2D eigenvalue weighted by Gasteiger charge is -2.21. The van der Waals surface area contributed by atoms with Gasteiger partial charge in [-0.1, -0.05) is 19.3 Å². The predicted octanol–water partition coefficient (Wildman–Crippen LogP) is 2.03. The van der Waals surface area contributed by atoms with Crippen molar-refractivity contribution in [2.75, 3.05) is 19.0 Å². The molecule has 1 aromatic rings. The monoisotopic (exact) mass is 336 g/mol. The number of carboxylic acid groups (broad SMARTS) is 1. The van der Waals surface area contributed by atoms with Crippen molar-refractivity contribution in [3.05, 3.63) is 29.8 Å². The van der Waals surface area contributed by atoms with Gasteiger partial charge in [0.2, 0.25) is 6.41 Å². The van der Waals surface area contributed by atoms with Crippen LogP contribution in [0.3, 0.4) is 0 Å². The van der Waals surface area contributed by atoms with Crippen LogP contribution < -0.4 is 10.6 Å². The second kappa shape index (κ2) is 11.2. The summed E-state index contributed by atoms with van der Waals surface area (Å²) in [5, 5.41) is 13.9. The molecule has 7 heteroatoms. The number of hydrogen-bond donors (Lipinski definition) is 3. The molecule has 0 spiro atoms. The highest BCUT2D eigenvalue weighted by atomic mass is 16.5. The van der Waals surface area contributed by atoms with Crippen LogP contribution in [-0.4, -0.2) is 43.2 Å². The molecule has 0 aromatic heterocycles. The van der Waals surface area contributed by atoms with Crippen molar-refractivity contribution < 1.29 is 24.2 Å². The number of carbonyl (C=O) groups is 3. The minimum absolute atomic E-state index is 0.116. The maximum Gasteiger partial charge on any atom is 0.337 e. The first kappa shape index (κ1) is 19.6. The van der Waals surface area contributed by atoms with E-state index in [4.69, 9.17) is 5.11 Å². The second-order valence-corrected chi connectivity index (χ2v) is 5.44. The molecule has 0 aliphatic heterocycles. The summed E-state index contributed by atoms with van der Waals surface area (Å²) in [7, 11) is 1.32. The van der Waals surface area contributed by atoms with Crippen LogP contribution in [0.15, 0.2) is 24.3 Å². The van der Waals surface area contributed by atoms with Crippen LogP contribution in [0.2, 0.25) is 0 Å². The molecule has 0 atom stereocenters. The molecular formula is C17H24N2O5. The van der Waals surface area contributed by atoms with Gasteiger partial charge in [-0.25, -0.2) is 4.79 Å². The summed E-state index contributed by atoms with van der Waals surface area (Å²) < 4.78 is 4.51. The largest absolute Gasteiger partial charge is 0.480 e. The standard InChI is InChI=1S/C9H9NO3.C8H15NO2/c1-13-9(12)7-2-4-8(5-3-7)10-6-11;10-8(11)6-9-7-4-2-1-3-5-7/h2-6H,1H3,(H,10,11);7,9H,1-6H2,(H,10,11). The summed E-state index contributed by atoms with van der Waals surface area (Å²) in [4.78, 5) is 31.2. The SMILES string of the molecule is COC(=O)c1ccc(NC=O)cc1.O=C(O)CNC1CCCCC1. The zero-order valence-electron chi connectivity index (χ0n) is 13.8. The van der Waals surface area contributed by atoms with E-state index in [1.807, 2.05) is 0 Å². The van der Waals surface area contributed by atoms with Crippen LogP contribution in [0.5, 0.6) is 0 Å². The first-order valence-corrected chi connectivity index (χ1v) is 7.90. The number of esters is 1. The summed E-state index contributed by atoms with van der Waals surface area (Å²) in [5.41, 5.74) is 1.10. The van der Waals surface area contributed by atoms with Gasteiger partial charge in [0.25, 0.3) is 0 Å². The van der Waals surface area contributed by atoms with Crippen molar-refractivity contribution in [3.8, 4) is 0 Å². The first-order chi connectivity index (χ1) is 11.6. The van der Waals surface area contributed by atoms with E-state index in [0.717, 1.165) is 12.8 Å². The lowest BCUT2D eigenvalue weighted by Crippen LogP contribution is -2.34. The lowest BCUT2D eigenvalue weighted by molar-refractivity contribution is -0.136. The van der Waals surface area contributed by atoms with Crippen LogP contribution in [-0.2, 0) is 14.3 Å². The fourth-order valence-corrected chi connectivity index (χ4v) is 2.43. The molecule has 0 saturated heterocycles. The molecule has 1 aliphatic rings. The number of rotatable bonds is 6. The molecule has 1 fully saturated rings. The Kier molecular flexibility index (Phi) is 9.14. The van der Waals surface area contributed by atoms with Crippen molar-refractivity contribution in [2.45, 2.75) is 38.1 Å². The van der Waals surface area contributed by atoms with Crippen molar-refractivity contribution in [2.24, 2.45) is 0 Å². The van der Waals surface area contributed by atoms with E-state index in [2.05, 4.69) is 15.4 Å². The lowest BCUT2D eigenvalue weighted by atomic mass is 9.96. The molecule has 1 aliphatic carbocycles. The molecule has 2 rings (SSSR count). The van der Waals surface area contributed by atoms with Crippen LogP contribution in [0, 0.1) is 0 Å². The minimum Gasteiger partial charge on any atom is -0.480 e. The molecule has 3 N–H and O–H groups in total. The first-order valence-electron chi connectivity index (χ1n) is 7.90. The third-order valence-corrected chi connectivity index (χ3v) is 3.68. The van der Waals surface area contributed by atoms with Gasteiger partial charge in [0.15, 0.2) is 0 Å². The highest BCUT2D eigenvalue weighted by molar-refractivity contribution is 5.90. The third kappa shape index (κ3) is 7.73. The smallest absolute Gasteiger partial charge is 0.337 e. The molecule has 0 bridgehead atoms. The van der Waals surface area contributed by atoms with Gasteiger partial charge >= 0.3 is 11.9 Å². The highest BCUT2D eigenvalue weighted by Gasteiger charge is 2.12. The summed E-state index contributed by atoms with van der Waals surface area (Å²) in [6, 6.07) is 6.87. The van der Waals surface area contributed by atoms with E-state index in [-0.39, 0.29) is 6.54 Å². The number of carbonyl (C=O) groups excluding carboxylic acids is 2. The number of benzene rings is 1. The Hall–Kier alpha value is -2.41. The maximum atomic E-state index is 11.0. The minimum atomic E-state index is -0.754. The highest BCUT2D eigenvalue weighted by Crippen LogP contribution is 2.16. The molecule has 1 aromatic carbocycles. The van der Waals surface area contributed by atoms with Gasteiger partial charge in [-0.2, -0.15) is 0 Å². The zero-order valence-corrected chi connectivity index (χ0v) is 13.8. The Morgan fingerprint density at radius 2 is 1.83 bits per heavy atom.